The van der Waals surface area contributed by atoms with Crippen LogP contribution in [0.3, 0.4) is 0 Å². The molecular weight excluding hydrogens is 233 g/mol. The van der Waals surface area contributed by atoms with Crippen molar-refractivity contribution in [3.05, 3.63) is 0 Å². The molecule has 1 saturated heterocycles. The number of carbonyl (C=O) groups is 1. The van der Waals surface area contributed by atoms with Gasteiger partial charge in [-0.25, -0.2) is 0 Å². The smallest absolute Gasteiger partial charge is 0.335 e. The van der Waals surface area contributed by atoms with Crippen LogP contribution in [0.15, 0.2) is 0 Å². The van der Waals surface area contributed by atoms with Crippen molar-refractivity contribution in [2.75, 3.05) is 26.2 Å². The monoisotopic (exact) mass is 252 g/mol. The van der Waals surface area contributed by atoms with Gasteiger partial charge in [-0.15, -0.1) is 0 Å². The second kappa shape index (κ2) is 6.23. The summed E-state index contributed by atoms with van der Waals surface area (Å²) in [6.45, 7) is 4.05. The van der Waals surface area contributed by atoms with Gasteiger partial charge in [0.2, 0.25) is 0 Å². The summed E-state index contributed by atoms with van der Waals surface area (Å²) in [5.74, 6) is -1.13. The first-order valence-corrected chi connectivity index (χ1v) is 6.02. The highest BCUT2D eigenvalue weighted by Crippen LogP contribution is 2.19. The van der Waals surface area contributed by atoms with Crippen LogP contribution in [-0.4, -0.2) is 43.2 Å². The summed E-state index contributed by atoms with van der Waals surface area (Å²) in [4.78, 5) is 12.0. The molecule has 0 aliphatic carbocycles. The minimum Gasteiger partial charge on any atom is -0.335 e. The number of amides is 1. The van der Waals surface area contributed by atoms with E-state index < -0.39 is 12.1 Å². The minimum absolute atomic E-state index is 0.182. The van der Waals surface area contributed by atoms with Crippen molar-refractivity contribution in [2.45, 2.75) is 32.4 Å². The molecule has 0 spiro atoms. The molecule has 0 aromatic carbocycles. The summed E-state index contributed by atoms with van der Waals surface area (Å²) in [5, 5.41) is 3.11. The molecule has 1 aliphatic heterocycles. The van der Waals surface area contributed by atoms with Crippen molar-refractivity contribution in [1.82, 2.24) is 10.2 Å². The molecule has 3 nitrogen and oxygen atoms in total. The topological polar surface area (TPSA) is 32.3 Å². The van der Waals surface area contributed by atoms with Gasteiger partial charge in [-0.1, -0.05) is 6.92 Å². The fourth-order valence-corrected chi connectivity index (χ4v) is 1.89. The molecule has 0 atom stereocenters. The van der Waals surface area contributed by atoms with Gasteiger partial charge in [0.25, 0.3) is 0 Å². The van der Waals surface area contributed by atoms with E-state index in [1.54, 1.807) is 6.92 Å². The van der Waals surface area contributed by atoms with E-state index >= 15 is 0 Å². The Morgan fingerprint density at radius 3 is 2.41 bits per heavy atom. The Hall–Kier alpha value is -0.780. The third-order valence-electron chi connectivity index (χ3n) is 2.93. The molecule has 6 heteroatoms. The van der Waals surface area contributed by atoms with Gasteiger partial charge in [0, 0.05) is 13.1 Å². The highest BCUT2D eigenvalue weighted by Gasteiger charge is 2.41. The number of hydrogen-bond donors (Lipinski definition) is 1. The molecule has 1 fully saturated rings. The van der Waals surface area contributed by atoms with Crippen molar-refractivity contribution in [1.29, 1.82) is 0 Å². The highest BCUT2D eigenvalue weighted by atomic mass is 19.4. The fourth-order valence-electron chi connectivity index (χ4n) is 1.89. The third-order valence-corrected chi connectivity index (χ3v) is 2.93. The summed E-state index contributed by atoms with van der Waals surface area (Å²) in [7, 11) is 0. The second-order valence-corrected chi connectivity index (χ2v) is 4.46. The van der Waals surface area contributed by atoms with Crippen molar-refractivity contribution >= 4 is 5.91 Å². The van der Waals surface area contributed by atoms with E-state index in [9.17, 15) is 18.0 Å². The van der Waals surface area contributed by atoms with Crippen molar-refractivity contribution in [3.8, 4) is 0 Å². The molecule has 100 valence electrons. The zero-order valence-corrected chi connectivity index (χ0v) is 10.0. The molecule has 1 rings (SSSR count). The molecule has 1 N–H and O–H groups in total. The van der Waals surface area contributed by atoms with E-state index in [0.29, 0.717) is 18.8 Å². The fraction of sp³-hybridized carbons (Fsp3) is 0.909. The molecule has 0 saturated carbocycles. The molecule has 0 aromatic heterocycles. The third kappa shape index (κ3) is 4.53. The molecule has 0 bridgehead atoms. The Kier molecular flexibility index (Phi) is 5.24. The van der Waals surface area contributed by atoms with E-state index in [2.05, 4.69) is 5.32 Å². The number of nitrogens with one attached hydrogen (secondary N) is 1. The van der Waals surface area contributed by atoms with E-state index in [1.165, 1.54) is 0 Å². The molecule has 0 unspecified atom stereocenters. The van der Waals surface area contributed by atoms with Crippen LogP contribution in [0.4, 0.5) is 13.2 Å². The van der Waals surface area contributed by atoms with Crippen LogP contribution in [0.1, 0.15) is 26.2 Å². The lowest BCUT2D eigenvalue weighted by molar-refractivity contribution is -0.185. The van der Waals surface area contributed by atoms with Crippen molar-refractivity contribution < 1.29 is 18.0 Å². The summed E-state index contributed by atoms with van der Waals surface area (Å²) < 4.78 is 36.9. The zero-order valence-electron chi connectivity index (χ0n) is 10.0. The van der Waals surface area contributed by atoms with Crippen LogP contribution in [-0.2, 0) is 4.79 Å². The number of nitrogens with zero attached hydrogens (tertiary/aromatic N) is 1. The van der Waals surface area contributed by atoms with Gasteiger partial charge in [-0.3, -0.25) is 4.79 Å². The van der Waals surface area contributed by atoms with E-state index in [4.69, 9.17) is 0 Å². The first kappa shape index (κ1) is 14.3. The Bertz CT molecular complexity index is 252. The predicted octanol–water partition coefficient (Wildman–Crippen LogP) is 1.79. The predicted molar refractivity (Wildman–Crippen MR) is 58.5 cm³/mol. The van der Waals surface area contributed by atoms with Crippen molar-refractivity contribution in [3.63, 3.8) is 0 Å². The van der Waals surface area contributed by atoms with Crippen molar-refractivity contribution in [2.24, 2.45) is 5.92 Å². The van der Waals surface area contributed by atoms with Gasteiger partial charge in [-0.2, -0.15) is 13.2 Å². The summed E-state index contributed by atoms with van der Waals surface area (Å²) >= 11 is 0. The van der Waals surface area contributed by atoms with E-state index in [-0.39, 0.29) is 13.1 Å². The lowest BCUT2D eigenvalue weighted by atomic mass is 9.97. The molecular formula is C11H19F3N2O. The maximum Gasteiger partial charge on any atom is 0.471 e. The number of rotatable bonds is 6. The first-order valence-electron chi connectivity index (χ1n) is 6.02. The molecule has 1 amide bonds. The van der Waals surface area contributed by atoms with Gasteiger partial charge in [0.05, 0.1) is 0 Å². The van der Waals surface area contributed by atoms with Gasteiger partial charge >= 0.3 is 12.1 Å². The molecule has 0 radical (unpaired) electrons. The van der Waals surface area contributed by atoms with Crippen LogP contribution in [0.5, 0.6) is 0 Å². The Balaban J connectivity index is 2.33. The number of alkyl halides is 3. The molecule has 17 heavy (non-hydrogen) atoms. The van der Waals surface area contributed by atoms with Gasteiger partial charge < -0.3 is 10.2 Å². The number of halogens is 3. The Labute approximate surface area is 99.4 Å². The summed E-state index contributed by atoms with van der Waals surface area (Å²) in [6.07, 6.45) is -2.66. The highest BCUT2D eigenvalue weighted by molar-refractivity contribution is 5.81. The Morgan fingerprint density at radius 2 is 2.00 bits per heavy atom. The molecule has 1 aliphatic rings. The zero-order chi connectivity index (χ0) is 12.9. The van der Waals surface area contributed by atoms with Gasteiger partial charge in [-0.05, 0) is 38.3 Å². The van der Waals surface area contributed by atoms with Crippen LogP contribution in [0.25, 0.3) is 0 Å². The normalized spacial score (nSPS) is 16.7. The van der Waals surface area contributed by atoms with Crippen LogP contribution in [0.2, 0.25) is 0 Å². The number of carbonyl (C=O) groups excluding carboxylic acids is 1. The van der Waals surface area contributed by atoms with E-state index in [1.807, 2.05) is 0 Å². The lowest BCUT2D eigenvalue weighted by Gasteiger charge is -2.28. The van der Waals surface area contributed by atoms with Crippen LogP contribution < -0.4 is 5.32 Å². The second-order valence-electron chi connectivity index (χ2n) is 4.46. The van der Waals surface area contributed by atoms with Crippen LogP contribution >= 0.6 is 0 Å². The first-order chi connectivity index (χ1) is 7.95. The largest absolute Gasteiger partial charge is 0.471 e. The van der Waals surface area contributed by atoms with Crippen LogP contribution in [0, 0.1) is 5.92 Å². The SMILES string of the molecule is CCCN(CCCC1CNC1)C(=O)C(F)(F)F. The van der Waals surface area contributed by atoms with Gasteiger partial charge in [0.1, 0.15) is 0 Å². The molecule has 0 aromatic rings. The minimum atomic E-state index is -4.74. The quantitative estimate of drug-likeness (QED) is 0.781. The lowest BCUT2D eigenvalue weighted by Crippen LogP contribution is -2.44. The maximum atomic E-state index is 12.3. The summed E-state index contributed by atoms with van der Waals surface area (Å²) in [6, 6.07) is 0. The molecule has 1 heterocycles. The maximum absolute atomic E-state index is 12.3. The standard InChI is InChI=1S/C11H19F3N2O/c1-2-5-16(10(17)11(12,13)14)6-3-4-9-7-15-8-9/h9,15H,2-8H2,1H3. The summed E-state index contributed by atoms with van der Waals surface area (Å²) in [5.41, 5.74) is 0. The number of hydrogen-bond acceptors (Lipinski definition) is 2. The average molecular weight is 252 g/mol. The Morgan fingerprint density at radius 1 is 1.35 bits per heavy atom. The van der Waals surface area contributed by atoms with Gasteiger partial charge in [0.15, 0.2) is 0 Å². The van der Waals surface area contributed by atoms with E-state index in [0.717, 1.165) is 24.4 Å². The average Bonchev–Trinajstić information content (AvgIpc) is 2.17.